The van der Waals surface area contributed by atoms with Crippen LogP contribution in [-0.2, 0) is 82.6 Å². The van der Waals surface area contributed by atoms with E-state index in [0.717, 1.165) is 48.5 Å². The molecule has 1 N–H and O–H groups in total. The number of aromatic nitrogens is 1. The molecule has 3 heterocycles. The standard InChI is InChI=1S/C38H47NO18/c1-17-12-13-25-24(11-10-14-39-25)34(47)50-15-35(8)26-27(51-19(3)41)31(54-22(6)44)37(16-49-18(2)40)32(55-23(7)45)28(52-20(4)42)30(56-33(17)46)36(9,48)38(37,57-35)29(26)53-21(5)43/h10-11,14,17,26-32,48H,12-13,15-16H2,1-9H3/t17-,26-,27+,28-,29+,30+,31+,32-,35+,36-,37-,38+/m0/s1. The van der Waals surface area contributed by atoms with E-state index in [1.807, 2.05) is 0 Å². The topological polar surface area (TPSA) is 253 Å². The molecule has 0 unspecified atom stereocenters. The van der Waals surface area contributed by atoms with Crippen LogP contribution in [0.3, 0.4) is 0 Å². The zero-order valence-corrected chi connectivity index (χ0v) is 33.0. The monoisotopic (exact) mass is 805 g/mol. The Kier molecular flexibility index (Phi) is 11.8. The van der Waals surface area contributed by atoms with Gasteiger partial charge in [0.05, 0.1) is 23.1 Å². The minimum Gasteiger partial charge on any atom is -0.465 e. The molecule has 12 atom stereocenters. The number of ether oxygens (including phenoxy) is 9. The number of aryl methyl sites for hydroxylation is 1. The molecule has 0 amide bonds. The van der Waals surface area contributed by atoms with Crippen molar-refractivity contribution in [3.63, 3.8) is 0 Å². The van der Waals surface area contributed by atoms with Gasteiger partial charge >= 0.3 is 47.8 Å². The Balaban J connectivity index is 1.99. The number of carbonyl (C=O) groups excluding carboxylic acids is 8. The van der Waals surface area contributed by atoms with Gasteiger partial charge in [0, 0.05) is 47.7 Å². The van der Waals surface area contributed by atoms with E-state index in [9.17, 15) is 43.5 Å². The quantitative estimate of drug-likeness (QED) is 0.296. The molecule has 2 saturated carbocycles. The molecule has 4 bridgehead atoms. The number of hydrogen-bond acceptors (Lipinski definition) is 19. The van der Waals surface area contributed by atoms with E-state index in [1.54, 1.807) is 0 Å². The third kappa shape index (κ3) is 7.30. The number of pyridine rings is 1. The van der Waals surface area contributed by atoms with Crippen molar-refractivity contribution in [2.45, 2.75) is 129 Å². The maximum absolute atomic E-state index is 14.1. The van der Waals surface area contributed by atoms with Crippen LogP contribution in [0.4, 0.5) is 0 Å². The third-order valence-corrected chi connectivity index (χ3v) is 11.1. The summed E-state index contributed by atoms with van der Waals surface area (Å²) in [7, 11) is 0. The molecule has 19 heteroatoms. The van der Waals surface area contributed by atoms with Gasteiger partial charge in [-0.15, -0.1) is 0 Å². The van der Waals surface area contributed by atoms with E-state index in [2.05, 4.69) is 4.98 Å². The van der Waals surface area contributed by atoms with Gasteiger partial charge in [-0.3, -0.25) is 38.5 Å². The van der Waals surface area contributed by atoms with Crippen LogP contribution < -0.4 is 0 Å². The number of carbonyl (C=O) groups is 8. The molecule has 2 aliphatic carbocycles. The Morgan fingerprint density at radius 1 is 0.807 bits per heavy atom. The number of rotatable bonds is 7. The van der Waals surface area contributed by atoms with Crippen LogP contribution in [0.25, 0.3) is 0 Å². The van der Waals surface area contributed by atoms with Gasteiger partial charge in [-0.1, -0.05) is 6.92 Å². The summed E-state index contributed by atoms with van der Waals surface area (Å²) in [6.45, 7) is 8.15. The third-order valence-electron chi connectivity index (χ3n) is 11.1. The molecule has 1 saturated heterocycles. The van der Waals surface area contributed by atoms with E-state index >= 15 is 0 Å². The van der Waals surface area contributed by atoms with Gasteiger partial charge in [0.1, 0.15) is 42.0 Å². The first-order chi connectivity index (χ1) is 26.5. The maximum Gasteiger partial charge on any atom is 0.340 e. The summed E-state index contributed by atoms with van der Waals surface area (Å²) in [6, 6.07) is 2.95. The summed E-state index contributed by atoms with van der Waals surface area (Å²) < 4.78 is 54.2. The first kappa shape index (κ1) is 43.0. The van der Waals surface area contributed by atoms with E-state index in [4.69, 9.17) is 42.6 Å². The molecule has 19 nitrogen and oxygen atoms in total. The number of aliphatic hydroxyl groups is 1. The second-order valence-electron chi connectivity index (χ2n) is 15.3. The highest BCUT2D eigenvalue weighted by Crippen LogP contribution is 2.70. The van der Waals surface area contributed by atoms with E-state index < -0.39 is 132 Å². The smallest absolute Gasteiger partial charge is 0.340 e. The lowest BCUT2D eigenvalue weighted by Crippen LogP contribution is -2.89. The molecule has 3 fully saturated rings. The molecule has 57 heavy (non-hydrogen) atoms. The fourth-order valence-electron chi connectivity index (χ4n) is 9.16. The number of cyclic esters (lactones) is 1. The molecule has 1 aromatic heterocycles. The van der Waals surface area contributed by atoms with Crippen LogP contribution >= 0.6 is 0 Å². The average molecular weight is 806 g/mol. The average Bonchev–Trinajstić information content (AvgIpc) is 3.32. The van der Waals surface area contributed by atoms with Crippen molar-refractivity contribution in [1.82, 2.24) is 4.98 Å². The second kappa shape index (κ2) is 15.6. The van der Waals surface area contributed by atoms with Gasteiger partial charge in [-0.05, 0) is 38.8 Å². The molecule has 0 aromatic carbocycles. The summed E-state index contributed by atoms with van der Waals surface area (Å²) in [5.41, 5.74) is -9.87. The van der Waals surface area contributed by atoms with Crippen molar-refractivity contribution in [2.24, 2.45) is 17.3 Å². The maximum atomic E-state index is 14.1. The van der Waals surface area contributed by atoms with Gasteiger partial charge in [-0.25, -0.2) is 4.79 Å². The van der Waals surface area contributed by atoms with Crippen molar-refractivity contribution in [3.05, 3.63) is 29.6 Å². The van der Waals surface area contributed by atoms with Gasteiger partial charge in [0.25, 0.3) is 0 Å². The van der Waals surface area contributed by atoms with Crippen molar-refractivity contribution >= 4 is 47.8 Å². The van der Waals surface area contributed by atoms with Crippen LogP contribution in [0.15, 0.2) is 18.3 Å². The molecule has 4 aliphatic rings. The van der Waals surface area contributed by atoms with Gasteiger partial charge in [0.2, 0.25) is 0 Å². The fourth-order valence-corrected chi connectivity index (χ4v) is 9.16. The predicted octanol–water partition coefficient (Wildman–Crippen LogP) is 0.863. The van der Waals surface area contributed by atoms with Gasteiger partial charge < -0.3 is 47.7 Å². The minimum atomic E-state index is -2.80. The number of fused-ring (bicyclic) bond motifs is 5. The summed E-state index contributed by atoms with van der Waals surface area (Å²) in [6.07, 6.45) is -10.3. The lowest BCUT2D eigenvalue weighted by molar-refractivity contribution is -0.386. The first-order valence-electron chi connectivity index (χ1n) is 18.3. The van der Waals surface area contributed by atoms with Crippen molar-refractivity contribution < 1.29 is 86.1 Å². The second-order valence-corrected chi connectivity index (χ2v) is 15.3. The highest BCUT2D eigenvalue weighted by atomic mass is 16.7. The van der Waals surface area contributed by atoms with Crippen LogP contribution in [0.2, 0.25) is 0 Å². The molecule has 1 aromatic rings. The zero-order valence-electron chi connectivity index (χ0n) is 33.0. The lowest BCUT2D eigenvalue weighted by atomic mass is 9.45. The summed E-state index contributed by atoms with van der Waals surface area (Å²) in [5, 5.41) is 13.4. The van der Waals surface area contributed by atoms with Crippen LogP contribution in [0.5, 0.6) is 0 Å². The highest BCUT2D eigenvalue weighted by molar-refractivity contribution is 5.90. The number of esters is 8. The zero-order chi connectivity index (χ0) is 42.4. The summed E-state index contributed by atoms with van der Waals surface area (Å²) in [5.74, 6) is -10.5. The summed E-state index contributed by atoms with van der Waals surface area (Å²) in [4.78, 5) is 111. The molecular weight excluding hydrogens is 758 g/mol. The predicted molar refractivity (Wildman–Crippen MR) is 185 cm³/mol. The van der Waals surface area contributed by atoms with E-state index in [1.165, 1.54) is 32.2 Å². The highest BCUT2D eigenvalue weighted by Gasteiger charge is 2.92. The summed E-state index contributed by atoms with van der Waals surface area (Å²) >= 11 is 0. The molecule has 1 spiro atoms. The van der Waals surface area contributed by atoms with Crippen LogP contribution in [0, 0.1) is 17.3 Å². The number of hydrogen-bond donors (Lipinski definition) is 1. The molecule has 0 radical (unpaired) electrons. The fraction of sp³-hybridized carbons (Fsp3) is 0.658. The van der Waals surface area contributed by atoms with Gasteiger partial charge in [-0.2, -0.15) is 0 Å². The van der Waals surface area contributed by atoms with Crippen LogP contribution in [0.1, 0.15) is 84.8 Å². The van der Waals surface area contributed by atoms with E-state index in [-0.39, 0.29) is 24.1 Å². The Hall–Kier alpha value is -5.17. The first-order valence-corrected chi connectivity index (χ1v) is 18.3. The van der Waals surface area contributed by atoms with Crippen molar-refractivity contribution in [1.29, 1.82) is 0 Å². The largest absolute Gasteiger partial charge is 0.465 e. The molecule has 2 aliphatic heterocycles. The Labute approximate surface area is 327 Å². The van der Waals surface area contributed by atoms with Crippen molar-refractivity contribution in [2.75, 3.05) is 13.2 Å². The minimum absolute atomic E-state index is 0.0290. The van der Waals surface area contributed by atoms with Crippen LogP contribution in [-0.4, -0.2) is 124 Å². The Morgan fingerprint density at radius 3 is 1.91 bits per heavy atom. The lowest BCUT2D eigenvalue weighted by Gasteiger charge is -2.67. The Morgan fingerprint density at radius 2 is 1.35 bits per heavy atom. The van der Waals surface area contributed by atoms with E-state index in [0.29, 0.717) is 0 Å². The normalized spacial score (nSPS) is 37.1. The molecule has 5 rings (SSSR count). The number of nitrogens with zero attached hydrogens (tertiary/aromatic N) is 1. The van der Waals surface area contributed by atoms with Crippen molar-refractivity contribution in [3.8, 4) is 0 Å². The SMILES string of the molecule is CC(=O)OC[C@@]12[C@H](OC(C)=O)[C@H](OC(C)=O)[C@H]3[C@@H](OC(C)=O)[C@]14O[C@]3(C)COC(=O)c1cccnc1CC[C@H](C)C(=O)O[C@H]([C@H](OC(C)=O)[C@@H]2OC(C)=O)[C@]4(C)O. The Bertz CT molecular complexity index is 1840. The molecular formula is C38H47NO18. The van der Waals surface area contributed by atoms with Gasteiger partial charge in [0.15, 0.2) is 30.0 Å². The molecule has 312 valence electrons.